The van der Waals surface area contributed by atoms with Crippen LogP contribution in [0.3, 0.4) is 0 Å². The number of anilines is 1. The SMILES string of the molecule is CC(C)(C)c1ccc(CCC(=O)Nc2ccccc2C(=O)NCc2cccnc2)cc1. The number of hydrogen-bond donors (Lipinski definition) is 2. The van der Waals surface area contributed by atoms with Gasteiger partial charge in [-0.1, -0.05) is 63.2 Å². The predicted octanol–water partition coefficient (Wildman–Crippen LogP) is 4.88. The van der Waals surface area contributed by atoms with Gasteiger partial charge in [-0.15, -0.1) is 0 Å². The number of nitrogens with one attached hydrogen (secondary N) is 2. The van der Waals surface area contributed by atoms with Crippen molar-refractivity contribution in [3.63, 3.8) is 0 Å². The van der Waals surface area contributed by atoms with E-state index in [1.165, 1.54) is 5.56 Å². The zero-order chi connectivity index (χ0) is 22.3. The van der Waals surface area contributed by atoms with Crippen molar-refractivity contribution < 1.29 is 9.59 Å². The molecule has 0 atom stereocenters. The van der Waals surface area contributed by atoms with Crippen LogP contribution in [0, 0.1) is 0 Å². The number of carbonyl (C=O) groups excluding carboxylic acids is 2. The molecular weight excluding hydrogens is 386 g/mol. The molecule has 0 saturated heterocycles. The number of nitrogens with zero attached hydrogens (tertiary/aromatic N) is 1. The number of benzene rings is 2. The van der Waals surface area contributed by atoms with Crippen molar-refractivity contribution in [2.45, 2.75) is 45.6 Å². The van der Waals surface area contributed by atoms with Crippen LogP contribution >= 0.6 is 0 Å². The highest BCUT2D eigenvalue weighted by molar-refractivity contribution is 6.03. The lowest BCUT2D eigenvalue weighted by molar-refractivity contribution is -0.116. The summed E-state index contributed by atoms with van der Waals surface area (Å²) in [7, 11) is 0. The zero-order valence-electron chi connectivity index (χ0n) is 18.3. The van der Waals surface area contributed by atoms with Crippen LogP contribution < -0.4 is 10.6 Å². The normalized spacial score (nSPS) is 11.1. The Kier molecular flexibility index (Phi) is 7.19. The highest BCUT2D eigenvalue weighted by Gasteiger charge is 2.14. The van der Waals surface area contributed by atoms with E-state index in [1.807, 2.05) is 12.1 Å². The van der Waals surface area contributed by atoms with Crippen LogP contribution in [0.2, 0.25) is 0 Å². The monoisotopic (exact) mass is 415 g/mol. The van der Waals surface area contributed by atoms with Crippen molar-refractivity contribution in [2.24, 2.45) is 0 Å². The van der Waals surface area contributed by atoms with Gasteiger partial charge in [0.15, 0.2) is 0 Å². The Morgan fingerprint density at radius 1 is 0.903 bits per heavy atom. The lowest BCUT2D eigenvalue weighted by Crippen LogP contribution is -2.25. The molecule has 0 spiro atoms. The summed E-state index contributed by atoms with van der Waals surface area (Å²) >= 11 is 0. The summed E-state index contributed by atoms with van der Waals surface area (Å²) in [5, 5.41) is 5.76. The topological polar surface area (TPSA) is 71.1 Å². The maximum Gasteiger partial charge on any atom is 0.253 e. The van der Waals surface area contributed by atoms with Crippen LogP contribution in [0.1, 0.15) is 54.2 Å². The van der Waals surface area contributed by atoms with Crippen LogP contribution in [0.15, 0.2) is 73.1 Å². The molecule has 160 valence electrons. The fourth-order valence-corrected chi connectivity index (χ4v) is 3.21. The fraction of sp³-hybridized carbons (Fsp3) is 0.269. The van der Waals surface area contributed by atoms with Gasteiger partial charge in [0.25, 0.3) is 5.91 Å². The minimum absolute atomic E-state index is 0.108. The molecule has 0 bridgehead atoms. The van der Waals surface area contributed by atoms with Gasteiger partial charge in [0, 0.05) is 25.4 Å². The van der Waals surface area contributed by atoms with E-state index >= 15 is 0 Å². The van der Waals surface area contributed by atoms with Crippen LogP contribution in [0.5, 0.6) is 0 Å². The lowest BCUT2D eigenvalue weighted by atomic mass is 9.86. The van der Waals surface area contributed by atoms with Gasteiger partial charge in [0.1, 0.15) is 0 Å². The van der Waals surface area contributed by atoms with Crippen molar-refractivity contribution in [3.8, 4) is 0 Å². The Labute approximate surface area is 183 Å². The smallest absolute Gasteiger partial charge is 0.253 e. The van der Waals surface area contributed by atoms with Crippen LogP contribution in [0.25, 0.3) is 0 Å². The number of carbonyl (C=O) groups is 2. The van der Waals surface area contributed by atoms with E-state index < -0.39 is 0 Å². The molecule has 0 fully saturated rings. The molecule has 1 aromatic heterocycles. The van der Waals surface area contributed by atoms with E-state index in [1.54, 1.807) is 36.7 Å². The number of para-hydroxylation sites is 1. The van der Waals surface area contributed by atoms with Crippen LogP contribution in [0.4, 0.5) is 5.69 Å². The van der Waals surface area contributed by atoms with Crippen LogP contribution in [-0.4, -0.2) is 16.8 Å². The molecule has 31 heavy (non-hydrogen) atoms. The Bertz CT molecular complexity index is 1020. The third-order valence-electron chi connectivity index (χ3n) is 5.08. The molecule has 0 aliphatic carbocycles. The molecule has 0 radical (unpaired) electrons. The van der Waals surface area contributed by atoms with E-state index in [4.69, 9.17) is 0 Å². The van der Waals surface area contributed by atoms with Crippen molar-refractivity contribution in [1.82, 2.24) is 10.3 Å². The Morgan fingerprint density at radius 3 is 2.32 bits per heavy atom. The second-order valence-corrected chi connectivity index (χ2v) is 8.58. The minimum Gasteiger partial charge on any atom is -0.348 e. The van der Waals surface area contributed by atoms with Gasteiger partial charge < -0.3 is 10.6 Å². The van der Waals surface area contributed by atoms with E-state index in [0.29, 0.717) is 30.6 Å². The maximum absolute atomic E-state index is 12.6. The Hall–Kier alpha value is -3.47. The predicted molar refractivity (Wildman–Crippen MR) is 124 cm³/mol. The second kappa shape index (κ2) is 10.0. The fourth-order valence-electron chi connectivity index (χ4n) is 3.21. The molecule has 2 N–H and O–H groups in total. The molecule has 0 aliphatic heterocycles. The first-order valence-corrected chi connectivity index (χ1v) is 10.5. The molecule has 0 aliphatic rings. The highest BCUT2D eigenvalue weighted by Crippen LogP contribution is 2.22. The van der Waals surface area contributed by atoms with Gasteiger partial charge in [0.05, 0.1) is 11.3 Å². The Morgan fingerprint density at radius 2 is 1.65 bits per heavy atom. The number of hydrogen-bond acceptors (Lipinski definition) is 3. The third kappa shape index (κ3) is 6.51. The summed E-state index contributed by atoms with van der Waals surface area (Å²) < 4.78 is 0. The van der Waals surface area contributed by atoms with Gasteiger partial charge in [-0.25, -0.2) is 0 Å². The van der Waals surface area contributed by atoms with Crippen molar-refractivity contribution >= 4 is 17.5 Å². The zero-order valence-corrected chi connectivity index (χ0v) is 18.3. The summed E-state index contributed by atoms with van der Waals surface area (Å²) in [6.07, 6.45) is 4.39. The van der Waals surface area contributed by atoms with Gasteiger partial charge in [-0.3, -0.25) is 14.6 Å². The molecule has 3 rings (SSSR count). The summed E-state index contributed by atoms with van der Waals surface area (Å²) in [6, 6.07) is 19.2. The summed E-state index contributed by atoms with van der Waals surface area (Å²) in [6.45, 7) is 6.92. The molecule has 0 saturated carbocycles. The van der Waals surface area contributed by atoms with E-state index in [9.17, 15) is 9.59 Å². The largest absolute Gasteiger partial charge is 0.348 e. The number of aromatic nitrogens is 1. The summed E-state index contributed by atoms with van der Waals surface area (Å²) in [5.74, 6) is -0.357. The number of rotatable bonds is 7. The molecule has 1 heterocycles. The first-order valence-electron chi connectivity index (χ1n) is 10.5. The maximum atomic E-state index is 12.6. The van der Waals surface area contributed by atoms with Crippen LogP contribution in [-0.2, 0) is 23.2 Å². The average molecular weight is 416 g/mol. The number of amides is 2. The molecule has 3 aromatic rings. The quantitative estimate of drug-likeness (QED) is 0.578. The van der Waals surface area contributed by atoms with E-state index in [2.05, 4.69) is 60.7 Å². The standard InChI is InChI=1S/C26H29N3O2/c1-26(2,3)21-13-10-19(11-14-21)12-15-24(30)29-23-9-5-4-8-22(23)25(31)28-18-20-7-6-16-27-17-20/h4-11,13-14,16-17H,12,15,18H2,1-3H3,(H,28,31)(H,29,30). The van der Waals surface area contributed by atoms with E-state index in [-0.39, 0.29) is 17.2 Å². The third-order valence-corrected chi connectivity index (χ3v) is 5.08. The van der Waals surface area contributed by atoms with Gasteiger partial charge in [-0.05, 0) is 46.7 Å². The van der Waals surface area contributed by atoms with Gasteiger partial charge >= 0.3 is 0 Å². The molecule has 2 aromatic carbocycles. The molecule has 5 nitrogen and oxygen atoms in total. The van der Waals surface area contributed by atoms with Crippen molar-refractivity contribution in [2.75, 3.05) is 5.32 Å². The molecule has 0 unspecified atom stereocenters. The first kappa shape index (κ1) is 22.2. The highest BCUT2D eigenvalue weighted by atomic mass is 16.2. The minimum atomic E-state index is -0.238. The summed E-state index contributed by atoms with van der Waals surface area (Å²) in [5.41, 5.74) is 4.36. The number of aryl methyl sites for hydroxylation is 1. The van der Waals surface area contributed by atoms with Gasteiger partial charge in [-0.2, -0.15) is 0 Å². The second-order valence-electron chi connectivity index (χ2n) is 8.58. The lowest BCUT2D eigenvalue weighted by Gasteiger charge is -2.19. The van der Waals surface area contributed by atoms with Crippen molar-refractivity contribution in [3.05, 3.63) is 95.3 Å². The first-order chi connectivity index (χ1) is 14.8. The molecule has 5 heteroatoms. The van der Waals surface area contributed by atoms with Gasteiger partial charge in [0.2, 0.25) is 5.91 Å². The molecule has 2 amide bonds. The summed E-state index contributed by atoms with van der Waals surface area (Å²) in [4.78, 5) is 29.2. The Balaban J connectivity index is 1.57. The average Bonchev–Trinajstić information content (AvgIpc) is 2.77. The number of pyridine rings is 1. The van der Waals surface area contributed by atoms with Crippen molar-refractivity contribution in [1.29, 1.82) is 0 Å². The molecular formula is C26H29N3O2. The van der Waals surface area contributed by atoms with E-state index in [0.717, 1.165) is 11.1 Å².